The Morgan fingerprint density at radius 2 is 1.68 bits per heavy atom. The molecule has 1 saturated heterocycles. The number of rotatable bonds is 14. The normalized spacial score (nSPS) is 18.1. The monoisotopic (exact) mass is 689 g/mol. The zero-order chi connectivity index (χ0) is 35.1. The molecule has 0 amide bonds. The first kappa shape index (κ1) is 34.6. The fraction of sp³-hybridized carbons (Fsp3) is 0.333. The number of alkyl halides is 3. The highest BCUT2D eigenvalue weighted by atomic mass is 19.4. The van der Waals surface area contributed by atoms with Gasteiger partial charge in [-0.3, -0.25) is 0 Å². The molecule has 0 saturated carbocycles. The molecule has 1 fully saturated rings. The van der Waals surface area contributed by atoms with Gasteiger partial charge in [0.15, 0.2) is 5.79 Å². The van der Waals surface area contributed by atoms with E-state index in [9.17, 15) is 18.0 Å². The van der Waals surface area contributed by atoms with Crippen LogP contribution in [0.1, 0.15) is 43.0 Å². The third kappa shape index (κ3) is 7.98. The molecule has 6 rings (SSSR count). The lowest BCUT2D eigenvalue weighted by Gasteiger charge is -2.31. The van der Waals surface area contributed by atoms with Crippen LogP contribution in [0.25, 0.3) is 5.69 Å². The first-order valence-corrected chi connectivity index (χ1v) is 16.4. The Bertz CT molecular complexity index is 1900. The molecule has 11 nitrogen and oxygen atoms in total. The maximum atomic E-state index is 14.0. The summed E-state index contributed by atoms with van der Waals surface area (Å²) in [6.07, 6.45) is 0.116. The number of hydrogen-bond acceptors (Lipinski definition) is 9. The van der Waals surface area contributed by atoms with Crippen LogP contribution in [0.2, 0.25) is 0 Å². The molecule has 14 heteroatoms. The molecule has 50 heavy (non-hydrogen) atoms. The molecule has 0 radical (unpaired) electrons. The largest absolute Gasteiger partial charge is 0.491 e. The van der Waals surface area contributed by atoms with E-state index in [4.69, 9.17) is 14.2 Å². The summed E-state index contributed by atoms with van der Waals surface area (Å²) >= 11 is 0. The summed E-state index contributed by atoms with van der Waals surface area (Å²) in [5.41, 5.74) is 2.09. The standard InChI is InChI=1S/C36H38F3N7O4/c1-3-25(2)46-34(47)45(24-44-46)29-12-8-27(9-13-29)40-18-19-41-28-10-14-30(15-11-28)48-22-31-23-49-35(50-31,20-26-16-17-42-43-21-26)32-6-4-5-7-33(32)36(37,38)39/h4-17,21,24-25,31,40-41H,3,18-20,22-23H2,1-2H3/t25?,31-,35+/m1/s1. The predicted octanol–water partition coefficient (Wildman–Crippen LogP) is 6.23. The average Bonchev–Trinajstić information content (AvgIpc) is 3.73. The first-order valence-electron chi connectivity index (χ1n) is 16.4. The highest BCUT2D eigenvalue weighted by Gasteiger charge is 2.48. The van der Waals surface area contributed by atoms with Gasteiger partial charge in [0, 0.05) is 42.6 Å². The maximum absolute atomic E-state index is 14.0. The third-order valence-corrected chi connectivity index (χ3v) is 8.51. The van der Waals surface area contributed by atoms with E-state index in [-0.39, 0.29) is 36.9 Å². The Kier molecular flexibility index (Phi) is 10.5. The van der Waals surface area contributed by atoms with Crippen LogP contribution in [0.4, 0.5) is 24.5 Å². The van der Waals surface area contributed by atoms with Crippen LogP contribution in [0.3, 0.4) is 0 Å². The first-order chi connectivity index (χ1) is 24.1. The fourth-order valence-electron chi connectivity index (χ4n) is 5.71. The fourth-order valence-corrected chi connectivity index (χ4v) is 5.71. The van der Waals surface area contributed by atoms with Crippen molar-refractivity contribution in [3.05, 3.63) is 125 Å². The molecule has 1 aliphatic heterocycles. The Hall–Kier alpha value is -5.21. The van der Waals surface area contributed by atoms with Gasteiger partial charge in [0.2, 0.25) is 0 Å². The van der Waals surface area contributed by atoms with Gasteiger partial charge in [-0.25, -0.2) is 14.0 Å². The molecule has 2 N–H and O–H groups in total. The van der Waals surface area contributed by atoms with Gasteiger partial charge in [-0.2, -0.15) is 28.5 Å². The van der Waals surface area contributed by atoms with Crippen molar-refractivity contribution in [2.24, 2.45) is 0 Å². The number of aromatic nitrogens is 5. The summed E-state index contributed by atoms with van der Waals surface area (Å²) in [5.74, 6) is -1.10. The molecule has 262 valence electrons. The lowest BCUT2D eigenvalue weighted by Crippen LogP contribution is -2.34. The van der Waals surface area contributed by atoms with Crippen molar-refractivity contribution in [3.8, 4) is 11.4 Å². The van der Waals surface area contributed by atoms with E-state index in [1.54, 1.807) is 12.4 Å². The second-order valence-corrected chi connectivity index (χ2v) is 12.0. The highest BCUT2D eigenvalue weighted by Crippen LogP contribution is 2.44. The van der Waals surface area contributed by atoms with Gasteiger partial charge in [0.05, 0.1) is 30.1 Å². The Morgan fingerprint density at radius 1 is 0.980 bits per heavy atom. The Balaban J connectivity index is 0.996. The zero-order valence-electron chi connectivity index (χ0n) is 27.6. The second kappa shape index (κ2) is 15.1. The molecule has 5 aromatic rings. The number of benzene rings is 3. The van der Waals surface area contributed by atoms with E-state index in [0.717, 1.165) is 29.5 Å². The van der Waals surface area contributed by atoms with E-state index in [0.29, 0.717) is 24.4 Å². The molecular weight excluding hydrogens is 651 g/mol. The molecule has 2 aromatic heterocycles. The van der Waals surface area contributed by atoms with Crippen molar-refractivity contribution >= 4 is 11.4 Å². The van der Waals surface area contributed by atoms with Crippen molar-refractivity contribution in [1.29, 1.82) is 0 Å². The molecule has 0 bridgehead atoms. The number of nitrogens with one attached hydrogen (secondary N) is 2. The zero-order valence-corrected chi connectivity index (χ0v) is 27.6. The number of hydrogen-bond donors (Lipinski definition) is 2. The highest BCUT2D eigenvalue weighted by molar-refractivity contribution is 5.50. The topological polar surface area (TPSA) is 117 Å². The van der Waals surface area contributed by atoms with Crippen LogP contribution < -0.4 is 21.1 Å². The van der Waals surface area contributed by atoms with Crippen LogP contribution in [-0.4, -0.2) is 57.0 Å². The average molecular weight is 690 g/mol. The van der Waals surface area contributed by atoms with Gasteiger partial charge >= 0.3 is 11.9 Å². The number of nitrogens with zero attached hydrogens (tertiary/aromatic N) is 5. The lowest BCUT2D eigenvalue weighted by atomic mass is 9.94. The molecule has 0 spiro atoms. The summed E-state index contributed by atoms with van der Waals surface area (Å²) in [6, 6.07) is 22.0. The smallest absolute Gasteiger partial charge is 0.416 e. The van der Waals surface area contributed by atoms with Crippen LogP contribution in [0, 0.1) is 0 Å². The van der Waals surface area contributed by atoms with Gasteiger partial charge in [-0.1, -0.05) is 25.1 Å². The predicted molar refractivity (Wildman–Crippen MR) is 181 cm³/mol. The lowest BCUT2D eigenvalue weighted by molar-refractivity contribution is -0.188. The van der Waals surface area contributed by atoms with Crippen molar-refractivity contribution in [1.82, 2.24) is 24.5 Å². The maximum Gasteiger partial charge on any atom is 0.416 e. The molecule has 0 aliphatic carbocycles. The van der Waals surface area contributed by atoms with E-state index >= 15 is 0 Å². The molecular formula is C36H38F3N7O4. The number of anilines is 2. The van der Waals surface area contributed by atoms with Crippen molar-refractivity contribution in [2.75, 3.05) is 36.9 Å². The number of ether oxygens (including phenoxy) is 3. The van der Waals surface area contributed by atoms with Crippen molar-refractivity contribution < 1.29 is 27.4 Å². The minimum absolute atomic E-state index is 0.0128. The van der Waals surface area contributed by atoms with E-state index in [1.807, 2.05) is 62.4 Å². The van der Waals surface area contributed by atoms with E-state index < -0.39 is 23.6 Å². The second-order valence-electron chi connectivity index (χ2n) is 12.0. The summed E-state index contributed by atoms with van der Waals surface area (Å²) in [7, 11) is 0. The minimum atomic E-state index is -4.60. The Labute approximate surface area is 287 Å². The summed E-state index contributed by atoms with van der Waals surface area (Å²) < 4.78 is 63.3. The van der Waals surface area contributed by atoms with Crippen LogP contribution in [0.5, 0.6) is 5.75 Å². The van der Waals surface area contributed by atoms with Gasteiger partial charge in [-0.15, -0.1) is 0 Å². The van der Waals surface area contributed by atoms with Gasteiger partial charge in [0.25, 0.3) is 0 Å². The summed E-state index contributed by atoms with van der Waals surface area (Å²) in [6.45, 7) is 5.40. The van der Waals surface area contributed by atoms with Gasteiger partial charge < -0.3 is 24.8 Å². The van der Waals surface area contributed by atoms with Gasteiger partial charge in [0.1, 0.15) is 24.8 Å². The molecule has 3 heterocycles. The van der Waals surface area contributed by atoms with E-state index in [1.165, 1.54) is 39.8 Å². The van der Waals surface area contributed by atoms with Gasteiger partial charge in [-0.05, 0) is 79.6 Å². The van der Waals surface area contributed by atoms with E-state index in [2.05, 4.69) is 25.9 Å². The van der Waals surface area contributed by atoms with Crippen molar-refractivity contribution in [3.63, 3.8) is 0 Å². The van der Waals surface area contributed by atoms with Crippen LogP contribution in [0.15, 0.2) is 102 Å². The number of halogens is 3. The molecule has 1 aliphatic rings. The quantitative estimate of drug-likeness (QED) is 0.131. The minimum Gasteiger partial charge on any atom is -0.491 e. The Morgan fingerprint density at radius 3 is 2.34 bits per heavy atom. The summed E-state index contributed by atoms with van der Waals surface area (Å²) in [4.78, 5) is 12.7. The van der Waals surface area contributed by atoms with Crippen LogP contribution in [-0.2, 0) is 27.9 Å². The molecule has 3 aromatic carbocycles. The molecule has 1 unspecified atom stereocenters. The van der Waals surface area contributed by atoms with Crippen LogP contribution >= 0.6 is 0 Å². The molecule has 3 atom stereocenters. The third-order valence-electron chi connectivity index (χ3n) is 8.51. The summed E-state index contributed by atoms with van der Waals surface area (Å²) in [5, 5.41) is 18.6. The van der Waals surface area contributed by atoms with Crippen molar-refractivity contribution in [2.45, 2.75) is 50.8 Å². The SMILES string of the molecule is CCC(C)n1ncn(-c2ccc(NCCNc3ccc(OC[C@@H]4CO[C@](Cc5ccnnc5)(c5ccccc5C(F)(F)F)O4)cc3)cc2)c1=O.